The van der Waals surface area contributed by atoms with Crippen LogP contribution in [0.1, 0.15) is 37.8 Å². The Labute approximate surface area is 119 Å². The Morgan fingerprint density at radius 3 is 2.75 bits per heavy atom. The molecule has 2 rings (SSSR count). The minimum absolute atomic E-state index is 0.173. The molecular formula is C15H23N3O2. The lowest BCUT2D eigenvalue weighted by molar-refractivity contribution is -0.385. The van der Waals surface area contributed by atoms with Crippen LogP contribution in [0.25, 0.3) is 0 Å². The molecule has 0 bridgehead atoms. The lowest BCUT2D eigenvalue weighted by Gasteiger charge is -2.36. The van der Waals surface area contributed by atoms with Gasteiger partial charge in [-0.05, 0) is 57.3 Å². The second kappa shape index (κ2) is 6.81. The van der Waals surface area contributed by atoms with E-state index < -0.39 is 0 Å². The summed E-state index contributed by atoms with van der Waals surface area (Å²) in [6, 6.07) is 7.21. The number of hydrogen-bond acceptors (Lipinski definition) is 4. The highest BCUT2D eigenvalue weighted by atomic mass is 16.6. The van der Waals surface area contributed by atoms with E-state index in [1.165, 1.54) is 12.8 Å². The summed E-state index contributed by atoms with van der Waals surface area (Å²) in [6.07, 6.45) is 3.46. The van der Waals surface area contributed by atoms with E-state index in [1.54, 1.807) is 18.2 Å². The van der Waals surface area contributed by atoms with Gasteiger partial charge >= 0.3 is 0 Å². The van der Waals surface area contributed by atoms with Gasteiger partial charge in [0.2, 0.25) is 0 Å². The SMILES string of the molecule is CC(c1cccc([N+](=O)[O-])c1)N1CCC(CCN)CC1. The van der Waals surface area contributed by atoms with Gasteiger partial charge in [-0.3, -0.25) is 15.0 Å². The van der Waals surface area contributed by atoms with Gasteiger partial charge in [0.25, 0.3) is 5.69 Å². The minimum Gasteiger partial charge on any atom is -0.330 e. The van der Waals surface area contributed by atoms with Crippen LogP contribution in [0, 0.1) is 16.0 Å². The van der Waals surface area contributed by atoms with Crippen molar-refractivity contribution in [2.45, 2.75) is 32.2 Å². The third-order valence-electron chi connectivity index (χ3n) is 4.34. The normalized spacial score (nSPS) is 18.9. The fraction of sp³-hybridized carbons (Fsp3) is 0.600. The maximum atomic E-state index is 10.8. The van der Waals surface area contributed by atoms with Gasteiger partial charge in [0.1, 0.15) is 0 Å². The molecule has 1 fully saturated rings. The van der Waals surface area contributed by atoms with Crippen LogP contribution in [0.4, 0.5) is 5.69 Å². The van der Waals surface area contributed by atoms with E-state index in [0.717, 1.165) is 37.5 Å². The highest BCUT2D eigenvalue weighted by Crippen LogP contribution is 2.29. The molecule has 1 aliphatic heterocycles. The van der Waals surface area contributed by atoms with Gasteiger partial charge in [0, 0.05) is 18.2 Å². The molecule has 1 aromatic rings. The van der Waals surface area contributed by atoms with Crippen molar-refractivity contribution in [1.82, 2.24) is 4.90 Å². The minimum atomic E-state index is -0.330. The zero-order valence-electron chi connectivity index (χ0n) is 12.0. The summed E-state index contributed by atoms with van der Waals surface area (Å²) < 4.78 is 0. The van der Waals surface area contributed by atoms with Crippen molar-refractivity contribution in [3.05, 3.63) is 39.9 Å². The molecule has 0 spiro atoms. The summed E-state index contributed by atoms with van der Waals surface area (Å²) in [5, 5.41) is 10.8. The molecule has 0 aromatic heterocycles. The van der Waals surface area contributed by atoms with Crippen LogP contribution in [0.5, 0.6) is 0 Å². The van der Waals surface area contributed by atoms with Gasteiger partial charge in [0.15, 0.2) is 0 Å². The Hall–Kier alpha value is -1.46. The van der Waals surface area contributed by atoms with Crippen LogP contribution in [0.15, 0.2) is 24.3 Å². The predicted octanol–water partition coefficient (Wildman–Crippen LogP) is 2.72. The maximum Gasteiger partial charge on any atom is 0.269 e. The van der Waals surface area contributed by atoms with Crippen molar-refractivity contribution in [2.75, 3.05) is 19.6 Å². The molecule has 1 saturated heterocycles. The van der Waals surface area contributed by atoms with Crippen molar-refractivity contribution in [1.29, 1.82) is 0 Å². The standard InChI is InChI=1S/C15H23N3O2/c1-12(14-3-2-4-15(11-14)18(19)20)17-9-6-13(5-8-16)7-10-17/h2-4,11-13H,5-10,16H2,1H3. The quantitative estimate of drug-likeness (QED) is 0.663. The molecule has 1 heterocycles. The topological polar surface area (TPSA) is 72.4 Å². The first-order valence-electron chi connectivity index (χ1n) is 7.30. The van der Waals surface area contributed by atoms with Gasteiger partial charge in [-0.2, -0.15) is 0 Å². The zero-order chi connectivity index (χ0) is 14.5. The number of nitro groups is 1. The van der Waals surface area contributed by atoms with E-state index in [9.17, 15) is 10.1 Å². The summed E-state index contributed by atoms with van der Waals surface area (Å²) in [4.78, 5) is 12.9. The highest BCUT2D eigenvalue weighted by molar-refractivity contribution is 5.35. The average molecular weight is 277 g/mol. The smallest absolute Gasteiger partial charge is 0.269 e. The molecule has 0 saturated carbocycles. The number of nitro benzene ring substituents is 1. The molecule has 110 valence electrons. The Kier molecular flexibility index (Phi) is 5.09. The number of non-ortho nitro benzene ring substituents is 1. The van der Waals surface area contributed by atoms with Gasteiger partial charge in [-0.25, -0.2) is 0 Å². The van der Waals surface area contributed by atoms with Crippen LogP contribution in [0.3, 0.4) is 0 Å². The Bertz CT molecular complexity index is 456. The lowest BCUT2D eigenvalue weighted by Crippen LogP contribution is -2.36. The molecule has 0 amide bonds. The molecular weight excluding hydrogens is 254 g/mol. The Morgan fingerprint density at radius 2 is 2.15 bits per heavy atom. The van der Waals surface area contributed by atoms with Gasteiger partial charge < -0.3 is 5.73 Å². The van der Waals surface area contributed by atoms with Crippen LogP contribution >= 0.6 is 0 Å². The second-order valence-corrected chi connectivity index (χ2v) is 5.58. The molecule has 2 N–H and O–H groups in total. The summed E-state index contributed by atoms with van der Waals surface area (Å²) in [6.45, 7) is 5.00. The highest BCUT2D eigenvalue weighted by Gasteiger charge is 2.23. The fourth-order valence-corrected chi connectivity index (χ4v) is 2.97. The number of rotatable bonds is 5. The zero-order valence-corrected chi connectivity index (χ0v) is 12.0. The van der Waals surface area contributed by atoms with Gasteiger partial charge in [0.05, 0.1) is 4.92 Å². The Morgan fingerprint density at radius 1 is 1.45 bits per heavy atom. The molecule has 0 aliphatic carbocycles. The van der Waals surface area contributed by atoms with Crippen LogP contribution in [-0.2, 0) is 0 Å². The summed E-state index contributed by atoms with van der Waals surface area (Å²) in [5.74, 6) is 0.744. The molecule has 5 heteroatoms. The molecule has 20 heavy (non-hydrogen) atoms. The fourth-order valence-electron chi connectivity index (χ4n) is 2.97. The molecule has 1 aromatic carbocycles. The third-order valence-corrected chi connectivity index (χ3v) is 4.34. The maximum absolute atomic E-state index is 10.8. The van der Waals surface area contributed by atoms with E-state index in [4.69, 9.17) is 5.73 Å². The molecule has 1 aliphatic rings. The largest absolute Gasteiger partial charge is 0.330 e. The van der Waals surface area contributed by atoms with Crippen molar-refractivity contribution in [2.24, 2.45) is 11.7 Å². The van der Waals surface area contributed by atoms with E-state index in [2.05, 4.69) is 11.8 Å². The van der Waals surface area contributed by atoms with Gasteiger partial charge in [-0.1, -0.05) is 12.1 Å². The molecule has 1 atom stereocenters. The average Bonchev–Trinajstić information content (AvgIpc) is 2.48. The summed E-state index contributed by atoms with van der Waals surface area (Å²) in [7, 11) is 0. The van der Waals surface area contributed by atoms with Crippen molar-refractivity contribution < 1.29 is 4.92 Å². The third kappa shape index (κ3) is 3.55. The molecule has 0 radical (unpaired) electrons. The van der Waals surface area contributed by atoms with Crippen LogP contribution in [0.2, 0.25) is 0 Å². The van der Waals surface area contributed by atoms with Crippen molar-refractivity contribution in [3.8, 4) is 0 Å². The van der Waals surface area contributed by atoms with Crippen LogP contribution in [-0.4, -0.2) is 29.5 Å². The number of nitrogens with two attached hydrogens (primary N) is 1. The van der Waals surface area contributed by atoms with Crippen molar-refractivity contribution in [3.63, 3.8) is 0 Å². The number of hydrogen-bond donors (Lipinski definition) is 1. The number of benzene rings is 1. The van der Waals surface area contributed by atoms with E-state index >= 15 is 0 Å². The van der Waals surface area contributed by atoms with E-state index in [1.807, 2.05) is 6.07 Å². The lowest BCUT2D eigenvalue weighted by atomic mass is 9.92. The monoisotopic (exact) mass is 277 g/mol. The first-order valence-corrected chi connectivity index (χ1v) is 7.30. The molecule has 1 unspecified atom stereocenters. The van der Waals surface area contributed by atoms with Crippen LogP contribution < -0.4 is 5.73 Å². The Balaban J connectivity index is 1.99. The van der Waals surface area contributed by atoms with Crippen molar-refractivity contribution >= 4 is 5.69 Å². The number of likely N-dealkylation sites (tertiary alicyclic amines) is 1. The summed E-state index contributed by atoms with van der Waals surface area (Å²) in [5.41, 5.74) is 6.81. The summed E-state index contributed by atoms with van der Waals surface area (Å²) >= 11 is 0. The first kappa shape index (κ1) is 14.9. The number of piperidine rings is 1. The predicted molar refractivity (Wildman–Crippen MR) is 79.5 cm³/mol. The first-order chi connectivity index (χ1) is 9.61. The van der Waals surface area contributed by atoms with E-state index in [-0.39, 0.29) is 16.7 Å². The molecule has 5 nitrogen and oxygen atoms in total. The van der Waals surface area contributed by atoms with Gasteiger partial charge in [-0.15, -0.1) is 0 Å². The second-order valence-electron chi connectivity index (χ2n) is 5.58. The number of nitrogens with zero attached hydrogens (tertiary/aromatic N) is 2. The van der Waals surface area contributed by atoms with E-state index in [0.29, 0.717) is 0 Å².